The molecule has 0 aromatic rings. The Hall–Kier alpha value is 0.234. The van der Waals surface area contributed by atoms with E-state index >= 15 is 0 Å². The molecule has 0 spiro atoms. The van der Waals surface area contributed by atoms with Crippen molar-refractivity contribution >= 4 is 0 Å². The van der Waals surface area contributed by atoms with E-state index in [-0.39, 0.29) is 0 Å². The summed E-state index contributed by atoms with van der Waals surface area (Å²) in [5.74, 6) is 0. The number of hydrogen-bond donors (Lipinski definition) is 1. The fourth-order valence-electron chi connectivity index (χ4n) is 0. The van der Waals surface area contributed by atoms with Crippen molar-refractivity contribution in [3.05, 3.63) is 10.1 Å². The summed E-state index contributed by atoms with van der Waals surface area (Å²) in [7, 11) is 0. The first-order valence-corrected chi connectivity index (χ1v) is 1.40. The topological polar surface area (TPSA) is 80.4 Å². The summed E-state index contributed by atoms with van der Waals surface area (Å²) in [6.07, 6.45) is 0. The SMILES string of the molecule is O=[N+]([O-])O.[O]=[Tm]. The first-order valence-electron chi connectivity index (χ1n) is 0.678. The second kappa shape index (κ2) is 8.97. The van der Waals surface area contributed by atoms with E-state index in [2.05, 4.69) is 0 Å². The van der Waals surface area contributed by atoms with Gasteiger partial charge in [-0.25, -0.2) is 0 Å². The average Bonchev–Trinajstić information content (AvgIpc) is 1.41. The summed E-state index contributed by atoms with van der Waals surface area (Å²) >= 11 is 1.31. The molecule has 0 radical (unpaired) electrons. The summed E-state index contributed by atoms with van der Waals surface area (Å²) in [4.78, 5) is 8.36. The second-order valence-electron chi connectivity index (χ2n) is 0.238. The zero-order valence-electron chi connectivity index (χ0n) is 2.40. The fourth-order valence-corrected chi connectivity index (χ4v) is 0. The van der Waals surface area contributed by atoms with Gasteiger partial charge >= 0.3 is 36.6 Å². The molecule has 0 aliphatic carbocycles. The Morgan fingerprint density at radius 2 is 1.67 bits per heavy atom. The average molecular weight is 248 g/mol. The van der Waals surface area contributed by atoms with Crippen molar-refractivity contribution in [3.8, 4) is 0 Å². The van der Waals surface area contributed by atoms with Gasteiger partial charge in [0.1, 0.15) is 0 Å². The maximum absolute atomic E-state index is 8.36. The van der Waals surface area contributed by atoms with E-state index < -0.39 is 5.09 Å². The van der Waals surface area contributed by atoms with Crippen LogP contribution < -0.4 is 0 Å². The van der Waals surface area contributed by atoms with Crippen LogP contribution in [0.1, 0.15) is 0 Å². The number of hydrogen-bond acceptors (Lipinski definition) is 3. The molecular weight excluding hydrogens is 247 g/mol. The Labute approximate surface area is 56.8 Å². The third-order valence-electron chi connectivity index (χ3n) is 0. The standard InChI is InChI=1S/HNO3.O.Tm/c2-1(3)4;;/h(H,2,3,4);;. The molecule has 0 atom stereocenters. The van der Waals surface area contributed by atoms with E-state index in [0.29, 0.717) is 0 Å². The Kier molecular flexibility index (Phi) is 14.2. The molecule has 0 aliphatic rings. The fraction of sp³-hybridized carbons (Fsp3) is 0. The van der Waals surface area contributed by atoms with Gasteiger partial charge in [-0.3, -0.25) is 0 Å². The van der Waals surface area contributed by atoms with E-state index in [1.165, 1.54) is 35.0 Å². The quantitative estimate of drug-likeness (QED) is 0.464. The molecular formula is HNO4Tm. The maximum atomic E-state index is 8.36. The molecule has 0 aromatic heterocycles. The number of nitrogens with zero attached hydrogens (tertiary/aromatic N) is 1. The molecule has 1 N–H and O–H groups in total. The summed E-state index contributed by atoms with van der Waals surface area (Å²) < 4.78 is 8.14. The number of rotatable bonds is 0. The van der Waals surface area contributed by atoms with Gasteiger partial charge < -0.3 is 5.21 Å². The van der Waals surface area contributed by atoms with Crippen LogP contribution in [0.15, 0.2) is 0 Å². The second-order valence-corrected chi connectivity index (χ2v) is 0.238. The third kappa shape index (κ3) is 810. The van der Waals surface area contributed by atoms with E-state index in [0.717, 1.165) is 0 Å². The normalized spacial score (nSPS) is 5.00. The van der Waals surface area contributed by atoms with E-state index in [1.54, 1.807) is 0 Å². The molecule has 0 unspecified atom stereocenters. The van der Waals surface area contributed by atoms with Crippen LogP contribution in [-0.2, 0) is 1.54 Å². The molecule has 0 saturated carbocycles. The van der Waals surface area contributed by atoms with Gasteiger partial charge in [0.2, 0.25) is 0 Å². The van der Waals surface area contributed by atoms with E-state index in [1.807, 2.05) is 0 Å². The minimum atomic E-state index is -1.50. The Morgan fingerprint density at radius 1 is 1.67 bits per heavy atom. The summed E-state index contributed by atoms with van der Waals surface area (Å²) in [5, 5.41) is 13.6. The van der Waals surface area contributed by atoms with Gasteiger partial charge in [-0.15, -0.1) is 10.1 Å². The Morgan fingerprint density at radius 3 is 1.67 bits per heavy atom. The molecule has 0 fully saturated rings. The van der Waals surface area contributed by atoms with E-state index in [4.69, 9.17) is 16.9 Å². The van der Waals surface area contributed by atoms with Crippen LogP contribution >= 0.6 is 0 Å². The molecule has 0 bridgehead atoms. The molecule has 0 heterocycles. The van der Waals surface area contributed by atoms with Crippen LogP contribution in [0.25, 0.3) is 0 Å². The van der Waals surface area contributed by atoms with Crippen molar-refractivity contribution in [2.45, 2.75) is 0 Å². The molecule has 0 aliphatic heterocycles. The first kappa shape index (κ1) is 9.53. The van der Waals surface area contributed by atoms with Crippen molar-refractivity contribution in [1.29, 1.82) is 0 Å². The van der Waals surface area contributed by atoms with E-state index in [9.17, 15) is 0 Å². The van der Waals surface area contributed by atoms with Gasteiger partial charge in [0.15, 0.2) is 0 Å². The first-order chi connectivity index (χ1) is 2.73. The summed E-state index contributed by atoms with van der Waals surface area (Å²) in [6.45, 7) is 0. The van der Waals surface area contributed by atoms with Gasteiger partial charge in [0.05, 0.1) is 0 Å². The monoisotopic (exact) mass is 248 g/mol. The zero-order chi connectivity index (χ0) is 5.58. The molecule has 43 valence electrons. The van der Waals surface area contributed by atoms with Crippen LogP contribution in [0.3, 0.4) is 0 Å². The van der Waals surface area contributed by atoms with Crippen molar-refractivity contribution in [2.24, 2.45) is 0 Å². The molecule has 6 heavy (non-hydrogen) atoms. The Balaban J connectivity index is 0. The van der Waals surface area contributed by atoms with Gasteiger partial charge in [-0.1, -0.05) is 0 Å². The summed E-state index contributed by atoms with van der Waals surface area (Å²) in [6, 6.07) is 0. The Bertz CT molecular complexity index is 38.8. The molecule has 0 rings (SSSR count). The molecule has 6 heteroatoms. The van der Waals surface area contributed by atoms with Crippen LogP contribution in [0, 0.1) is 45.2 Å². The van der Waals surface area contributed by atoms with Crippen LogP contribution in [0.4, 0.5) is 0 Å². The zero-order valence-corrected chi connectivity index (χ0v) is 4.18. The van der Waals surface area contributed by atoms with Crippen molar-refractivity contribution in [3.63, 3.8) is 0 Å². The summed E-state index contributed by atoms with van der Waals surface area (Å²) in [5.41, 5.74) is 0. The molecule has 5 nitrogen and oxygen atoms in total. The van der Waals surface area contributed by atoms with Crippen LogP contribution in [0.5, 0.6) is 0 Å². The molecule has 0 aromatic carbocycles. The molecule has 0 amide bonds. The van der Waals surface area contributed by atoms with Gasteiger partial charge in [-0.05, 0) is 0 Å². The minimum absolute atomic E-state index is 1.31. The van der Waals surface area contributed by atoms with Crippen molar-refractivity contribution in [2.75, 3.05) is 0 Å². The van der Waals surface area contributed by atoms with Crippen LogP contribution in [-0.4, -0.2) is 10.3 Å². The van der Waals surface area contributed by atoms with Gasteiger partial charge in [-0.2, -0.15) is 0 Å². The van der Waals surface area contributed by atoms with Crippen molar-refractivity contribution < 1.29 is 46.9 Å². The van der Waals surface area contributed by atoms with Crippen molar-refractivity contribution in [1.82, 2.24) is 0 Å². The van der Waals surface area contributed by atoms with Crippen LogP contribution in [0.2, 0.25) is 0 Å². The predicted octanol–water partition coefficient (Wildman–Crippen LogP) is -0.467. The predicted molar refractivity (Wildman–Crippen MR) is 9.47 cm³/mol. The van der Waals surface area contributed by atoms with Gasteiger partial charge in [0.25, 0.3) is 5.09 Å². The third-order valence-corrected chi connectivity index (χ3v) is 0. The molecule has 0 saturated heterocycles. The van der Waals surface area contributed by atoms with Gasteiger partial charge in [0, 0.05) is 0 Å².